The molecule has 2 N–H and O–H groups in total. The van der Waals surface area contributed by atoms with Gasteiger partial charge in [0.05, 0.1) is 10.4 Å². The minimum Gasteiger partial charge on any atom is -0.466 e. The van der Waals surface area contributed by atoms with Gasteiger partial charge in [-0.3, -0.25) is 4.79 Å². The van der Waals surface area contributed by atoms with Crippen molar-refractivity contribution in [3.8, 4) is 0 Å². The van der Waals surface area contributed by atoms with Crippen LogP contribution in [0.4, 0.5) is 0 Å². The summed E-state index contributed by atoms with van der Waals surface area (Å²) in [6, 6.07) is 2.05. The maximum absolute atomic E-state index is 11.2. The smallest absolute Gasteiger partial charge is 0.305 e. The minimum atomic E-state index is -0.170. The lowest BCUT2D eigenvalue weighted by Crippen LogP contribution is -2.23. The molecule has 0 saturated heterocycles. The van der Waals surface area contributed by atoms with Crippen LogP contribution in [0.3, 0.4) is 0 Å². The van der Waals surface area contributed by atoms with Crippen LogP contribution in [0.25, 0.3) is 0 Å². The summed E-state index contributed by atoms with van der Waals surface area (Å²) in [6.07, 6.45) is 1.84. The molecule has 0 amide bonds. The average molecular weight is 385 g/mol. The third-order valence-electron chi connectivity index (χ3n) is 2.18. The van der Waals surface area contributed by atoms with Crippen molar-refractivity contribution < 1.29 is 9.53 Å². The summed E-state index contributed by atoms with van der Waals surface area (Å²) in [6.45, 7) is 2.23. The number of nitrogens with two attached hydrogens (primary N) is 1. The Morgan fingerprint density at radius 1 is 1.59 bits per heavy atom. The Balaban J connectivity index is 2.34. The first kappa shape index (κ1) is 15.1. The predicted octanol–water partition coefficient (Wildman–Crippen LogP) is 3.49. The summed E-state index contributed by atoms with van der Waals surface area (Å²) in [5, 5.41) is 0. The summed E-state index contributed by atoms with van der Waals surface area (Å²) in [4.78, 5) is 12.4. The Kier molecular flexibility index (Phi) is 6.69. The fraction of sp³-hybridized carbons (Fsp3) is 0.545. The lowest BCUT2D eigenvalue weighted by Gasteiger charge is -2.09. The first-order chi connectivity index (χ1) is 8.02. The molecule has 0 spiro atoms. The molecule has 0 aromatic carbocycles. The van der Waals surface area contributed by atoms with Crippen LogP contribution in [0.5, 0.6) is 0 Å². The first-order valence-corrected chi connectivity index (χ1v) is 7.78. The van der Waals surface area contributed by atoms with Crippen molar-refractivity contribution in [2.75, 3.05) is 6.61 Å². The zero-order valence-electron chi connectivity index (χ0n) is 9.54. The molecular formula is C11H15Br2NO2S. The summed E-state index contributed by atoms with van der Waals surface area (Å²) >= 11 is 8.54. The Bertz CT molecular complexity index is 362. The second-order valence-corrected chi connectivity index (χ2v) is 6.95. The molecule has 0 bridgehead atoms. The highest BCUT2D eigenvalue weighted by Gasteiger charge is 2.11. The molecule has 0 aliphatic heterocycles. The fourth-order valence-corrected chi connectivity index (χ4v) is 3.66. The number of hydrogen-bond acceptors (Lipinski definition) is 4. The number of ether oxygens (including phenoxy) is 1. The van der Waals surface area contributed by atoms with Gasteiger partial charge in [-0.05, 0) is 57.7 Å². The van der Waals surface area contributed by atoms with E-state index in [0.717, 1.165) is 14.7 Å². The van der Waals surface area contributed by atoms with Gasteiger partial charge in [-0.25, -0.2) is 0 Å². The number of carbonyl (C=O) groups is 1. The van der Waals surface area contributed by atoms with E-state index in [2.05, 4.69) is 37.9 Å². The van der Waals surface area contributed by atoms with Crippen molar-refractivity contribution in [2.24, 2.45) is 5.73 Å². The molecule has 0 aliphatic carbocycles. The van der Waals surface area contributed by atoms with E-state index in [-0.39, 0.29) is 12.0 Å². The lowest BCUT2D eigenvalue weighted by molar-refractivity contribution is -0.143. The third kappa shape index (κ3) is 5.50. The van der Waals surface area contributed by atoms with Crippen LogP contribution >= 0.6 is 43.2 Å². The van der Waals surface area contributed by atoms with Crippen LogP contribution < -0.4 is 5.73 Å². The first-order valence-electron chi connectivity index (χ1n) is 5.37. The highest BCUT2D eigenvalue weighted by atomic mass is 79.9. The van der Waals surface area contributed by atoms with Crippen molar-refractivity contribution in [3.63, 3.8) is 0 Å². The largest absolute Gasteiger partial charge is 0.466 e. The normalized spacial score (nSPS) is 12.5. The van der Waals surface area contributed by atoms with Crippen molar-refractivity contribution in [1.29, 1.82) is 0 Å². The Morgan fingerprint density at radius 2 is 2.29 bits per heavy atom. The molecule has 17 heavy (non-hydrogen) atoms. The van der Waals surface area contributed by atoms with Crippen molar-refractivity contribution in [2.45, 2.75) is 32.2 Å². The lowest BCUT2D eigenvalue weighted by atomic mass is 10.1. The van der Waals surface area contributed by atoms with Gasteiger partial charge in [-0.2, -0.15) is 0 Å². The molecule has 3 nitrogen and oxygen atoms in total. The maximum atomic E-state index is 11.2. The van der Waals surface area contributed by atoms with Crippen molar-refractivity contribution in [1.82, 2.24) is 0 Å². The van der Waals surface area contributed by atoms with Gasteiger partial charge < -0.3 is 10.5 Å². The van der Waals surface area contributed by atoms with Gasteiger partial charge in [0.1, 0.15) is 0 Å². The van der Waals surface area contributed by atoms with Gasteiger partial charge in [-0.15, -0.1) is 11.3 Å². The van der Waals surface area contributed by atoms with Crippen LogP contribution in [0, 0.1) is 0 Å². The van der Waals surface area contributed by atoms with Crippen LogP contribution in [0.15, 0.2) is 14.3 Å². The number of thiophene rings is 1. The molecule has 0 saturated carbocycles. The van der Waals surface area contributed by atoms with E-state index >= 15 is 0 Å². The molecule has 1 aromatic rings. The Morgan fingerprint density at radius 3 is 2.82 bits per heavy atom. The number of esters is 1. The molecular weight excluding hydrogens is 370 g/mol. The summed E-state index contributed by atoms with van der Waals surface area (Å²) < 4.78 is 6.98. The van der Waals surface area contributed by atoms with Crippen molar-refractivity contribution >= 4 is 49.2 Å². The zero-order chi connectivity index (χ0) is 12.8. The Labute approximate surface area is 122 Å². The van der Waals surface area contributed by atoms with Gasteiger partial charge >= 0.3 is 5.97 Å². The van der Waals surface area contributed by atoms with Gasteiger partial charge in [0.25, 0.3) is 0 Å². The Hall–Kier alpha value is 0.0900. The molecule has 0 fully saturated rings. The molecule has 96 valence electrons. The van der Waals surface area contributed by atoms with E-state index in [1.165, 1.54) is 4.88 Å². The van der Waals surface area contributed by atoms with Crippen LogP contribution in [-0.2, 0) is 16.0 Å². The molecule has 1 unspecified atom stereocenters. The second kappa shape index (κ2) is 7.51. The molecule has 0 radical (unpaired) electrons. The van der Waals surface area contributed by atoms with E-state index in [9.17, 15) is 4.79 Å². The fourth-order valence-electron chi connectivity index (χ4n) is 1.39. The van der Waals surface area contributed by atoms with Crippen LogP contribution in [0.2, 0.25) is 0 Å². The number of rotatable bonds is 6. The minimum absolute atomic E-state index is 0.00291. The number of halogens is 2. The van der Waals surface area contributed by atoms with Crippen molar-refractivity contribution in [3.05, 3.63) is 19.2 Å². The van der Waals surface area contributed by atoms with Gasteiger partial charge in [0, 0.05) is 21.8 Å². The monoisotopic (exact) mass is 383 g/mol. The second-order valence-electron chi connectivity index (χ2n) is 3.64. The van der Waals surface area contributed by atoms with E-state index in [1.807, 2.05) is 0 Å². The average Bonchev–Trinajstić information content (AvgIpc) is 2.55. The third-order valence-corrected chi connectivity index (χ3v) is 5.46. The molecule has 1 aromatic heterocycles. The standard InChI is InChI=1S/C11H15Br2NO2S/c1-2-16-10(15)4-3-7(14)5-8-6-9(12)11(13)17-8/h6-7H,2-5,14H2,1H3. The summed E-state index contributed by atoms with van der Waals surface area (Å²) in [7, 11) is 0. The molecule has 1 atom stereocenters. The maximum Gasteiger partial charge on any atom is 0.305 e. The molecule has 0 aliphatic rings. The van der Waals surface area contributed by atoms with Gasteiger partial charge in [-0.1, -0.05) is 0 Å². The zero-order valence-corrected chi connectivity index (χ0v) is 13.5. The van der Waals surface area contributed by atoms with E-state index in [1.54, 1.807) is 18.3 Å². The van der Waals surface area contributed by atoms with E-state index < -0.39 is 0 Å². The van der Waals surface area contributed by atoms with Gasteiger partial charge in [0.15, 0.2) is 0 Å². The molecule has 1 rings (SSSR count). The summed E-state index contributed by atoms with van der Waals surface area (Å²) in [5.74, 6) is -0.170. The highest BCUT2D eigenvalue weighted by molar-refractivity contribution is 9.13. The van der Waals surface area contributed by atoms with Crippen LogP contribution in [0.1, 0.15) is 24.6 Å². The molecule has 6 heteroatoms. The van der Waals surface area contributed by atoms with E-state index in [0.29, 0.717) is 19.4 Å². The van der Waals surface area contributed by atoms with Gasteiger partial charge in [0.2, 0.25) is 0 Å². The number of carbonyl (C=O) groups excluding carboxylic acids is 1. The highest BCUT2D eigenvalue weighted by Crippen LogP contribution is 2.33. The quantitative estimate of drug-likeness (QED) is 0.763. The topological polar surface area (TPSA) is 52.3 Å². The summed E-state index contributed by atoms with van der Waals surface area (Å²) in [5.41, 5.74) is 5.98. The van der Waals surface area contributed by atoms with Crippen LogP contribution in [-0.4, -0.2) is 18.6 Å². The van der Waals surface area contributed by atoms with E-state index in [4.69, 9.17) is 10.5 Å². The SMILES string of the molecule is CCOC(=O)CCC(N)Cc1cc(Br)c(Br)s1. The predicted molar refractivity (Wildman–Crippen MR) is 77.3 cm³/mol. The number of hydrogen-bond donors (Lipinski definition) is 1. The molecule has 1 heterocycles.